The predicted molar refractivity (Wildman–Crippen MR) is 119 cm³/mol. The fraction of sp³-hybridized carbons (Fsp3) is 0.381. The number of halogens is 1. The van der Waals surface area contributed by atoms with Gasteiger partial charge < -0.3 is 10.2 Å². The van der Waals surface area contributed by atoms with E-state index in [9.17, 15) is 13.2 Å². The van der Waals surface area contributed by atoms with E-state index in [0.717, 1.165) is 20.8 Å². The summed E-state index contributed by atoms with van der Waals surface area (Å²) >= 11 is 3.29. The van der Waals surface area contributed by atoms with E-state index in [1.54, 1.807) is 12.1 Å². The number of benzene rings is 2. The number of nitrogens with one attached hydrogen (secondary N) is 1. The number of hydrogen-bond acceptors (Lipinski definition) is 4. The van der Waals surface area contributed by atoms with E-state index in [1.165, 1.54) is 24.7 Å². The molecule has 29 heavy (non-hydrogen) atoms. The molecule has 6 nitrogen and oxygen atoms in total. The highest BCUT2D eigenvalue weighted by Crippen LogP contribution is 2.19. The van der Waals surface area contributed by atoms with Crippen LogP contribution in [0.2, 0.25) is 0 Å². The summed E-state index contributed by atoms with van der Waals surface area (Å²) < 4.78 is 27.1. The summed E-state index contributed by atoms with van der Waals surface area (Å²) in [5, 5.41) is 2.86. The lowest BCUT2D eigenvalue weighted by Gasteiger charge is -2.26. The van der Waals surface area contributed by atoms with Gasteiger partial charge >= 0.3 is 0 Å². The van der Waals surface area contributed by atoms with Gasteiger partial charge in [0.15, 0.2) is 0 Å². The minimum atomic E-state index is -3.72. The first kappa shape index (κ1) is 23.5. The number of sulfonamides is 1. The van der Waals surface area contributed by atoms with E-state index in [0.29, 0.717) is 6.54 Å². The third kappa shape index (κ3) is 6.37. The van der Waals surface area contributed by atoms with E-state index in [4.69, 9.17) is 0 Å². The van der Waals surface area contributed by atoms with E-state index in [1.807, 2.05) is 19.0 Å². The first-order chi connectivity index (χ1) is 13.6. The monoisotopic (exact) mass is 481 g/mol. The molecule has 8 heteroatoms. The van der Waals surface area contributed by atoms with E-state index >= 15 is 0 Å². The SMILES string of the molecule is CCc1ccc(C(CNC(=O)CN(C)S(=O)(=O)c2ccc(Br)cc2)N(C)C)cc1. The average Bonchev–Trinajstić information content (AvgIpc) is 2.68. The van der Waals surface area contributed by atoms with Crippen molar-refractivity contribution in [2.75, 3.05) is 34.2 Å². The number of aryl methyl sites for hydroxylation is 1. The van der Waals surface area contributed by atoms with Crippen LogP contribution in [0.15, 0.2) is 57.9 Å². The maximum Gasteiger partial charge on any atom is 0.243 e. The molecule has 2 aromatic carbocycles. The molecule has 1 unspecified atom stereocenters. The quantitative estimate of drug-likeness (QED) is 0.597. The lowest BCUT2D eigenvalue weighted by Crippen LogP contribution is -2.41. The van der Waals surface area contributed by atoms with Gasteiger partial charge in [0.2, 0.25) is 15.9 Å². The smallest absolute Gasteiger partial charge is 0.243 e. The van der Waals surface area contributed by atoms with Crippen molar-refractivity contribution < 1.29 is 13.2 Å². The van der Waals surface area contributed by atoms with Crippen LogP contribution >= 0.6 is 15.9 Å². The number of hydrogen-bond donors (Lipinski definition) is 1. The molecule has 0 fully saturated rings. The van der Waals surface area contributed by atoms with Gasteiger partial charge in [-0.05, 0) is 55.9 Å². The molecule has 0 aliphatic carbocycles. The van der Waals surface area contributed by atoms with Gasteiger partial charge in [0.25, 0.3) is 0 Å². The fourth-order valence-electron chi connectivity index (χ4n) is 2.91. The molecule has 1 atom stereocenters. The summed E-state index contributed by atoms with van der Waals surface area (Å²) in [6.45, 7) is 2.26. The van der Waals surface area contributed by atoms with Gasteiger partial charge in [-0.1, -0.05) is 47.1 Å². The largest absolute Gasteiger partial charge is 0.353 e. The molecular weight excluding hydrogens is 454 g/mol. The molecule has 0 spiro atoms. The van der Waals surface area contributed by atoms with E-state index in [-0.39, 0.29) is 23.4 Å². The highest BCUT2D eigenvalue weighted by atomic mass is 79.9. The van der Waals surface area contributed by atoms with E-state index < -0.39 is 10.0 Å². The number of amides is 1. The second-order valence-electron chi connectivity index (χ2n) is 7.09. The van der Waals surface area contributed by atoms with Crippen molar-refractivity contribution in [3.8, 4) is 0 Å². The van der Waals surface area contributed by atoms with Crippen molar-refractivity contribution in [2.45, 2.75) is 24.3 Å². The lowest BCUT2D eigenvalue weighted by molar-refractivity contribution is -0.121. The molecule has 0 heterocycles. The zero-order valence-corrected chi connectivity index (χ0v) is 19.6. The summed E-state index contributed by atoms with van der Waals surface area (Å²) in [5.41, 5.74) is 2.36. The molecule has 2 rings (SSSR count). The first-order valence-electron chi connectivity index (χ1n) is 9.39. The van der Waals surface area contributed by atoms with Crippen LogP contribution in [0.25, 0.3) is 0 Å². The summed E-state index contributed by atoms with van der Waals surface area (Å²) in [6, 6.07) is 14.7. The molecular formula is C21H28BrN3O3S. The lowest BCUT2D eigenvalue weighted by atomic mass is 10.0. The molecule has 0 radical (unpaired) electrons. The van der Waals surface area contributed by atoms with Crippen molar-refractivity contribution in [1.29, 1.82) is 0 Å². The molecule has 1 amide bonds. The van der Waals surface area contributed by atoms with Gasteiger partial charge in [-0.2, -0.15) is 4.31 Å². The van der Waals surface area contributed by atoms with Gasteiger partial charge in [-0.3, -0.25) is 4.79 Å². The topological polar surface area (TPSA) is 69.7 Å². The average molecular weight is 482 g/mol. The molecule has 0 aliphatic heterocycles. The second-order valence-corrected chi connectivity index (χ2v) is 10.1. The van der Waals surface area contributed by atoms with Crippen LogP contribution in [0.4, 0.5) is 0 Å². The number of rotatable bonds is 9. The van der Waals surface area contributed by atoms with Gasteiger partial charge in [0.05, 0.1) is 17.5 Å². The van der Waals surface area contributed by atoms with Crippen LogP contribution in [0.5, 0.6) is 0 Å². The fourth-order valence-corrected chi connectivity index (χ4v) is 4.31. The minimum Gasteiger partial charge on any atom is -0.353 e. The van der Waals surface area contributed by atoms with Crippen LogP contribution in [0.1, 0.15) is 24.1 Å². The number of carbonyl (C=O) groups excluding carboxylic acids is 1. The Kier molecular flexibility index (Phi) is 8.39. The molecule has 158 valence electrons. The second kappa shape index (κ2) is 10.3. The molecule has 0 saturated carbocycles. The molecule has 0 aromatic heterocycles. The van der Waals surface area contributed by atoms with Crippen LogP contribution in [-0.4, -0.2) is 57.8 Å². The number of carbonyl (C=O) groups is 1. The van der Waals surface area contributed by atoms with Crippen molar-refractivity contribution in [3.63, 3.8) is 0 Å². The normalized spacial score (nSPS) is 12.9. The van der Waals surface area contributed by atoms with Crippen molar-refractivity contribution in [1.82, 2.24) is 14.5 Å². The van der Waals surface area contributed by atoms with Crippen molar-refractivity contribution in [3.05, 3.63) is 64.1 Å². The van der Waals surface area contributed by atoms with Gasteiger partial charge in [-0.15, -0.1) is 0 Å². The minimum absolute atomic E-state index is 0.00163. The van der Waals surface area contributed by atoms with Gasteiger partial charge in [-0.25, -0.2) is 8.42 Å². The zero-order chi connectivity index (χ0) is 21.6. The Labute approximate surface area is 182 Å². The highest BCUT2D eigenvalue weighted by Gasteiger charge is 2.23. The Morgan fingerprint density at radius 3 is 2.14 bits per heavy atom. The Morgan fingerprint density at radius 2 is 1.62 bits per heavy atom. The standard InChI is InChI=1S/C21H28BrN3O3S/c1-5-16-6-8-17(9-7-16)20(24(2)3)14-23-21(26)15-25(4)29(27,28)19-12-10-18(22)11-13-19/h6-13,20H,5,14-15H2,1-4H3,(H,23,26). The summed E-state index contributed by atoms with van der Waals surface area (Å²) in [4.78, 5) is 14.6. The van der Waals surface area contributed by atoms with Crippen LogP contribution in [-0.2, 0) is 21.2 Å². The highest BCUT2D eigenvalue weighted by molar-refractivity contribution is 9.10. The van der Waals surface area contributed by atoms with Crippen LogP contribution < -0.4 is 5.32 Å². The first-order valence-corrected chi connectivity index (χ1v) is 11.6. The number of likely N-dealkylation sites (N-methyl/N-ethyl adjacent to an activating group) is 2. The van der Waals surface area contributed by atoms with Crippen molar-refractivity contribution in [2.24, 2.45) is 0 Å². The maximum absolute atomic E-state index is 12.6. The van der Waals surface area contributed by atoms with Gasteiger partial charge in [0, 0.05) is 18.1 Å². The summed E-state index contributed by atoms with van der Waals surface area (Å²) in [7, 11) is 1.59. The molecule has 0 saturated heterocycles. The molecule has 2 aromatic rings. The van der Waals surface area contributed by atoms with Crippen LogP contribution in [0.3, 0.4) is 0 Å². The Bertz CT molecular complexity index is 913. The van der Waals surface area contributed by atoms with Crippen LogP contribution in [0, 0.1) is 0 Å². The molecule has 1 N–H and O–H groups in total. The third-order valence-corrected chi connectivity index (χ3v) is 7.12. The number of nitrogens with zero attached hydrogens (tertiary/aromatic N) is 2. The summed E-state index contributed by atoms with van der Waals surface area (Å²) in [6.07, 6.45) is 0.975. The third-order valence-electron chi connectivity index (χ3n) is 4.78. The van der Waals surface area contributed by atoms with Gasteiger partial charge in [0.1, 0.15) is 0 Å². The maximum atomic E-state index is 12.6. The zero-order valence-electron chi connectivity index (χ0n) is 17.2. The molecule has 0 bridgehead atoms. The molecule has 0 aliphatic rings. The Balaban J connectivity index is 2.00. The Morgan fingerprint density at radius 1 is 1.03 bits per heavy atom. The predicted octanol–water partition coefficient (Wildman–Crippen LogP) is 3.05. The Hall–Kier alpha value is -1.74. The van der Waals surface area contributed by atoms with Crippen molar-refractivity contribution >= 4 is 31.9 Å². The van der Waals surface area contributed by atoms with E-state index in [2.05, 4.69) is 52.4 Å². The summed E-state index contributed by atoms with van der Waals surface area (Å²) in [5.74, 6) is -0.342.